The first kappa shape index (κ1) is 17.8. The molecule has 4 nitrogen and oxygen atoms in total. The van der Waals surface area contributed by atoms with E-state index in [2.05, 4.69) is 5.32 Å². The van der Waals surface area contributed by atoms with Gasteiger partial charge in [-0.3, -0.25) is 9.59 Å². The number of amides is 2. The highest BCUT2D eigenvalue weighted by Gasteiger charge is 2.28. The summed E-state index contributed by atoms with van der Waals surface area (Å²) in [6.07, 6.45) is 1.27. The molecule has 6 heteroatoms. The van der Waals surface area contributed by atoms with Crippen LogP contribution in [0.4, 0.5) is 5.69 Å². The fourth-order valence-electron chi connectivity index (χ4n) is 2.93. The average molecular weight is 377 g/mol. The largest absolute Gasteiger partial charge is 0.339 e. The zero-order valence-corrected chi connectivity index (χ0v) is 15.1. The number of anilines is 1. The minimum absolute atomic E-state index is 0.0141. The highest BCUT2D eigenvalue weighted by atomic mass is 35.5. The van der Waals surface area contributed by atoms with Crippen LogP contribution in [0.3, 0.4) is 0 Å². The van der Waals surface area contributed by atoms with E-state index >= 15 is 0 Å². The topological polar surface area (TPSA) is 49.4 Å². The third-order valence-corrected chi connectivity index (χ3v) is 4.91. The molecular formula is C19H18Cl2N2O2. The first-order chi connectivity index (χ1) is 12.0. The number of benzene rings is 2. The Morgan fingerprint density at radius 2 is 1.68 bits per heavy atom. The van der Waals surface area contributed by atoms with Gasteiger partial charge in [-0.15, -0.1) is 0 Å². The van der Waals surface area contributed by atoms with Gasteiger partial charge in [0, 0.05) is 29.6 Å². The average Bonchev–Trinajstić information content (AvgIpc) is 2.64. The lowest BCUT2D eigenvalue weighted by atomic mass is 9.95. The van der Waals surface area contributed by atoms with E-state index in [0.717, 1.165) is 0 Å². The number of halogens is 2. The van der Waals surface area contributed by atoms with E-state index in [4.69, 9.17) is 23.2 Å². The van der Waals surface area contributed by atoms with Gasteiger partial charge in [-0.2, -0.15) is 0 Å². The molecule has 3 rings (SSSR count). The maximum Gasteiger partial charge on any atom is 0.253 e. The van der Waals surface area contributed by atoms with Crippen LogP contribution < -0.4 is 5.32 Å². The van der Waals surface area contributed by atoms with Crippen LogP contribution in [0.2, 0.25) is 10.0 Å². The van der Waals surface area contributed by atoms with Gasteiger partial charge in [0.2, 0.25) is 5.91 Å². The number of hydrogen-bond acceptors (Lipinski definition) is 2. The third kappa shape index (κ3) is 4.33. The molecule has 0 unspecified atom stereocenters. The first-order valence-electron chi connectivity index (χ1n) is 8.15. The Balaban J connectivity index is 1.56. The molecule has 1 aliphatic heterocycles. The molecule has 0 radical (unpaired) electrons. The Bertz CT molecular complexity index is 772. The molecule has 1 fully saturated rings. The smallest absolute Gasteiger partial charge is 0.253 e. The van der Waals surface area contributed by atoms with Gasteiger partial charge in [0.1, 0.15) is 0 Å². The molecule has 1 aliphatic rings. The number of carbonyl (C=O) groups excluding carboxylic acids is 2. The van der Waals surface area contributed by atoms with Crippen molar-refractivity contribution in [2.45, 2.75) is 12.8 Å². The van der Waals surface area contributed by atoms with E-state index in [1.54, 1.807) is 23.1 Å². The summed E-state index contributed by atoms with van der Waals surface area (Å²) in [4.78, 5) is 26.7. The van der Waals surface area contributed by atoms with Gasteiger partial charge in [-0.25, -0.2) is 0 Å². The van der Waals surface area contributed by atoms with Gasteiger partial charge in [-0.05, 0) is 43.2 Å². The van der Waals surface area contributed by atoms with Crippen molar-refractivity contribution in [2.24, 2.45) is 5.92 Å². The molecule has 1 saturated heterocycles. The van der Waals surface area contributed by atoms with E-state index in [1.807, 2.05) is 30.3 Å². The lowest BCUT2D eigenvalue weighted by Gasteiger charge is -2.31. The summed E-state index contributed by atoms with van der Waals surface area (Å²) in [5.74, 6) is -0.192. The standard InChI is InChI=1S/C19H18Cl2N2O2/c20-15-6-7-17(16(21)12-15)22-18(24)13-8-10-23(11-9-13)19(25)14-4-2-1-3-5-14/h1-7,12-13H,8-11H2,(H,22,24). The number of likely N-dealkylation sites (tertiary alicyclic amines) is 1. The quantitative estimate of drug-likeness (QED) is 0.857. The van der Waals surface area contributed by atoms with Crippen molar-refractivity contribution in [3.63, 3.8) is 0 Å². The van der Waals surface area contributed by atoms with Crippen molar-refractivity contribution >= 4 is 40.7 Å². The zero-order chi connectivity index (χ0) is 17.8. The summed E-state index contributed by atoms with van der Waals surface area (Å²) in [7, 11) is 0. The summed E-state index contributed by atoms with van der Waals surface area (Å²) in [5, 5.41) is 3.79. The predicted octanol–water partition coefficient (Wildman–Crippen LogP) is 4.48. The molecule has 0 atom stereocenters. The minimum Gasteiger partial charge on any atom is -0.339 e. The Morgan fingerprint density at radius 3 is 2.32 bits per heavy atom. The van der Waals surface area contributed by atoms with Gasteiger partial charge in [0.25, 0.3) is 5.91 Å². The molecule has 0 spiro atoms. The minimum atomic E-state index is -0.133. The number of carbonyl (C=O) groups is 2. The fourth-order valence-corrected chi connectivity index (χ4v) is 3.39. The normalized spacial score (nSPS) is 15.0. The molecule has 25 heavy (non-hydrogen) atoms. The molecule has 0 aromatic heterocycles. The molecule has 2 aromatic carbocycles. The summed E-state index contributed by atoms with van der Waals surface area (Å²) >= 11 is 12.0. The number of hydrogen-bond donors (Lipinski definition) is 1. The van der Waals surface area contributed by atoms with E-state index < -0.39 is 0 Å². The molecular weight excluding hydrogens is 359 g/mol. The first-order valence-corrected chi connectivity index (χ1v) is 8.90. The number of piperidine rings is 1. The van der Waals surface area contributed by atoms with Crippen LogP contribution in [0, 0.1) is 5.92 Å². The number of rotatable bonds is 3. The molecule has 2 aromatic rings. The van der Waals surface area contributed by atoms with Crippen molar-refractivity contribution in [1.29, 1.82) is 0 Å². The lowest BCUT2D eigenvalue weighted by molar-refractivity contribution is -0.121. The summed E-state index contributed by atoms with van der Waals surface area (Å²) in [5.41, 5.74) is 1.23. The second-order valence-corrected chi connectivity index (χ2v) is 6.89. The fraction of sp³-hybridized carbons (Fsp3) is 0.263. The van der Waals surface area contributed by atoms with Crippen LogP contribution in [0.1, 0.15) is 23.2 Å². The Labute approximate surface area is 156 Å². The molecule has 0 saturated carbocycles. The molecule has 130 valence electrons. The third-order valence-electron chi connectivity index (χ3n) is 4.36. The van der Waals surface area contributed by atoms with Crippen molar-refractivity contribution < 1.29 is 9.59 Å². The molecule has 0 aliphatic carbocycles. The van der Waals surface area contributed by atoms with Gasteiger partial charge < -0.3 is 10.2 Å². The van der Waals surface area contributed by atoms with Gasteiger partial charge >= 0.3 is 0 Å². The van der Waals surface area contributed by atoms with E-state index in [-0.39, 0.29) is 17.7 Å². The zero-order valence-electron chi connectivity index (χ0n) is 13.5. The Hall–Kier alpha value is -2.04. The monoisotopic (exact) mass is 376 g/mol. The summed E-state index contributed by atoms with van der Waals surface area (Å²) in [6.45, 7) is 1.14. The molecule has 1 N–H and O–H groups in total. The molecule has 0 bridgehead atoms. The van der Waals surface area contributed by atoms with Crippen LogP contribution in [0.15, 0.2) is 48.5 Å². The highest BCUT2D eigenvalue weighted by Crippen LogP contribution is 2.27. The maximum atomic E-state index is 12.4. The van der Waals surface area contributed by atoms with Gasteiger partial charge in [0.15, 0.2) is 0 Å². The maximum absolute atomic E-state index is 12.4. The van der Waals surface area contributed by atoms with E-state index in [0.29, 0.717) is 47.2 Å². The number of nitrogens with one attached hydrogen (secondary N) is 1. The van der Waals surface area contributed by atoms with Crippen molar-refractivity contribution in [1.82, 2.24) is 4.90 Å². The second kappa shape index (κ2) is 7.89. The van der Waals surface area contributed by atoms with Crippen LogP contribution in [0.5, 0.6) is 0 Å². The van der Waals surface area contributed by atoms with Crippen molar-refractivity contribution in [2.75, 3.05) is 18.4 Å². The highest BCUT2D eigenvalue weighted by molar-refractivity contribution is 6.36. The molecule has 1 heterocycles. The van der Waals surface area contributed by atoms with Crippen molar-refractivity contribution in [3.05, 3.63) is 64.1 Å². The SMILES string of the molecule is O=C(Nc1ccc(Cl)cc1Cl)C1CCN(C(=O)c2ccccc2)CC1. The second-order valence-electron chi connectivity index (χ2n) is 6.05. The Morgan fingerprint density at radius 1 is 1.00 bits per heavy atom. The van der Waals surface area contributed by atoms with Gasteiger partial charge in [0.05, 0.1) is 10.7 Å². The predicted molar refractivity (Wildman–Crippen MR) is 100 cm³/mol. The van der Waals surface area contributed by atoms with Crippen molar-refractivity contribution in [3.8, 4) is 0 Å². The van der Waals surface area contributed by atoms with Crippen LogP contribution in [-0.4, -0.2) is 29.8 Å². The van der Waals surface area contributed by atoms with E-state index in [9.17, 15) is 9.59 Å². The van der Waals surface area contributed by atoms with Crippen LogP contribution in [0.25, 0.3) is 0 Å². The number of nitrogens with zero attached hydrogens (tertiary/aromatic N) is 1. The lowest BCUT2D eigenvalue weighted by Crippen LogP contribution is -2.41. The molecule has 2 amide bonds. The van der Waals surface area contributed by atoms with Crippen LogP contribution in [-0.2, 0) is 4.79 Å². The van der Waals surface area contributed by atoms with Gasteiger partial charge in [-0.1, -0.05) is 41.4 Å². The summed E-state index contributed by atoms with van der Waals surface area (Å²) < 4.78 is 0. The summed E-state index contributed by atoms with van der Waals surface area (Å²) in [6, 6.07) is 14.2. The van der Waals surface area contributed by atoms with Crippen LogP contribution >= 0.6 is 23.2 Å². The van der Waals surface area contributed by atoms with E-state index in [1.165, 1.54) is 0 Å². The Kier molecular flexibility index (Phi) is 5.61.